The Kier molecular flexibility index (Phi) is 6.73. The quantitative estimate of drug-likeness (QED) is 0.577. The van der Waals surface area contributed by atoms with Crippen LogP contribution in [0, 0.1) is 0 Å². The van der Waals surface area contributed by atoms with E-state index in [1.165, 1.54) is 4.68 Å². The average Bonchev–Trinajstić information content (AvgIpc) is 2.74. The SMILES string of the molecule is COc1ccc(CNC(=O)CCCCCn2nnc3ccccc3c2=O)cc1. The Bertz CT molecular complexity index is 983. The third kappa shape index (κ3) is 5.16. The van der Waals surface area contributed by atoms with E-state index in [0.29, 0.717) is 30.4 Å². The van der Waals surface area contributed by atoms with Gasteiger partial charge in [-0.05, 0) is 42.7 Å². The van der Waals surface area contributed by atoms with Crippen molar-refractivity contribution in [2.75, 3.05) is 7.11 Å². The number of ether oxygens (including phenoxy) is 1. The molecule has 1 aromatic heterocycles. The highest BCUT2D eigenvalue weighted by molar-refractivity contribution is 5.76. The standard InChI is InChI=1S/C21H24N4O3/c1-28-17-12-10-16(11-13-17)15-22-20(26)9-3-2-6-14-25-21(27)18-7-4-5-8-19(18)23-24-25/h4-5,7-8,10-13H,2-3,6,9,14-15H2,1H3,(H,22,26). The van der Waals surface area contributed by atoms with Crippen LogP contribution in [0.25, 0.3) is 10.9 Å². The van der Waals surface area contributed by atoms with Crippen LogP contribution in [0.2, 0.25) is 0 Å². The van der Waals surface area contributed by atoms with Gasteiger partial charge >= 0.3 is 0 Å². The molecule has 0 saturated heterocycles. The van der Waals surface area contributed by atoms with Gasteiger partial charge in [-0.2, -0.15) is 0 Å². The molecule has 0 spiro atoms. The maximum absolute atomic E-state index is 12.3. The summed E-state index contributed by atoms with van der Waals surface area (Å²) < 4.78 is 6.51. The molecule has 7 nitrogen and oxygen atoms in total. The largest absolute Gasteiger partial charge is 0.497 e. The smallest absolute Gasteiger partial charge is 0.277 e. The average molecular weight is 380 g/mol. The number of amides is 1. The van der Waals surface area contributed by atoms with Crippen molar-refractivity contribution in [3.05, 3.63) is 64.4 Å². The van der Waals surface area contributed by atoms with E-state index in [0.717, 1.165) is 30.6 Å². The molecule has 0 aliphatic rings. The second kappa shape index (κ2) is 9.64. The fraction of sp³-hybridized carbons (Fsp3) is 0.333. The Hall–Kier alpha value is -3.22. The van der Waals surface area contributed by atoms with Gasteiger partial charge in [0, 0.05) is 19.5 Å². The Morgan fingerprint density at radius 1 is 1.07 bits per heavy atom. The second-order valence-corrected chi connectivity index (χ2v) is 6.57. The lowest BCUT2D eigenvalue weighted by Gasteiger charge is -2.07. The highest BCUT2D eigenvalue weighted by atomic mass is 16.5. The zero-order valence-electron chi connectivity index (χ0n) is 15.9. The predicted molar refractivity (Wildman–Crippen MR) is 107 cm³/mol. The van der Waals surface area contributed by atoms with Crippen molar-refractivity contribution in [1.82, 2.24) is 20.3 Å². The van der Waals surface area contributed by atoms with Crippen molar-refractivity contribution in [3.8, 4) is 5.75 Å². The molecule has 146 valence electrons. The molecule has 2 aromatic carbocycles. The number of carbonyl (C=O) groups excluding carboxylic acids is 1. The maximum Gasteiger partial charge on any atom is 0.277 e. The van der Waals surface area contributed by atoms with Gasteiger partial charge in [0.05, 0.1) is 12.5 Å². The summed E-state index contributed by atoms with van der Waals surface area (Å²) in [5, 5.41) is 11.6. The van der Waals surface area contributed by atoms with Crippen molar-refractivity contribution < 1.29 is 9.53 Å². The molecule has 3 rings (SSSR count). The molecule has 28 heavy (non-hydrogen) atoms. The van der Waals surface area contributed by atoms with Crippen LogP contribution in [0.5, 0.6) is 5.75 Å². The van der Waals surface area contributed by atoms with Crippen LogP contribution >= 0.6 is 0 Å². The number of fused-ring (bicyclic) bond motifs is 1. The molecule has 1 N–H and O–H groups in total. The van der Waals surface area contributed by atoms with E-state index in [9.17, 15) is 9.59 Å². The van der Waals surface area contributed by atoms with Gasteiger partial charge < -0.3 is 10.1 Å². The fourth-order valence-electron chi connectivity index (χ4n) is 2.93. The van der Waals surface area contributed by atoms with Crippen molar-refractivity contribution in [2.24, 2.45) is 0 Å². The molecule has 7 heteroatoms. The molecule has 0 saturated carbocycles. The number of rotatable bonds is 9. The number of nitrogens with one attached hydrogen (secondary N) is 1. The summed E-state index contributed by atoms with van der Waals surface area (Å²) in [6, 6.07) is 14.8. The number of methoxy groups -OCH3 is 1. The van der Waals surface area contributed by atoms with E-state index >= 15 is 0 Å². The van der Waals surface area contributed by atoms with Gasteiger partial charge in [-0.15, -0.1) is 5.10 Å². The zero-order chi connectivity index (χ0) is 19.8. The molecule has 0 aliphatic heterocycles. The van der Waals surface area contributed by atoms with Crippen LogP contribution in [0.15, 0.2) is 53.3 Å². The highest BCUT2D eigenvalue weighted by Crippen LogP contribution is 2.11. The first-order chi connectivity index (χ1) is 13.7. The molecule has 0 aliphatic carbocycles. The minimum atomic E-state index is -0.122. The summed E-state index contributed by atoms with van der Waals surface area (Å²) in [4.78, 5) is 24.3. The lowest BCUT2D eigenvalue weighted by atomic mass is 10.1. The van der Waals surface area contributed by atoms with Gasteiger partial charge in [0.1, 0.15) is 11.3 Å². The predicted octanol–water partition coefficient (Wildman–Crippen LogP) is 2.68. The van der Waals surface area contributed by atoms with Crippen LogP contribution < -0.4 is 15.6 Å². The molecule has 0 radical (unpaired) electrons. The van der Waals surface area contributed by atoms with Crippen LogP contribution in [0.4, 0.5) is 0 Å². The first kappa shape index (κ1) is 19.5. The molecule has 3 aromatic rings. The highest BCUT2D eigenvalue weighted by Gasteiger charge is 2.05. The fourth-order valence-corrected chi connectivity index (χ4v) is 2.93. The van der Waals surface area contributed by atoms with Crippen LogP contribution in [0.1, 0.15) is 31.2 Å². The molecular weight excluding hydrogens is 356 g/mol. The van der Waals surface area contributed by atoms with E-state index in [4.69, 9.17) is 4.74 Å². The Morgan fingerprint density at radius 3 is 2.64 bits per heavy atom. The van der Waals surface area contributed by atoms with Crippen LogP contribution in [-0.4, -0.2) is 28.0 Å². The monoisotopic (exact) mass is 380 g/mol. The summed E-state index contributed by atoms with van der Waals surface area (Å²) >= 11 is 0. The number of benzene rings is 2. The first-order valence-electron chi connectivity index (χ1n) is 9.39. The van der Waals surface area contributed by atoms with E-state index in [1.807, 2.05) is 36.4 Å². The zero-order valence-corrected chi connectivity index (χ0v) is 15.9. The van der Waals surface area contributed by atoms with Crippen molar-refractivity contribution in [1.29, 1.82) is 0 Å². The van der Waals surface area contributed by atoms with Crippen molar-refractivity contribution in [2.45, 2.75) is 38.8 Å². The molecule has 0 bridgehead atoms. The maximum atomic E-state index is 12.3. The number of nitrogens with zero attached hydrogens (tertiary/aromatic N) is 3. The first-order valence-corrected chi connectivity index (χ1v) is 9.39. The number of unbranched alkanes of at least 4 members (excludes halogenated alkanes) is 2. The summed E-state index contributed by atoms with van der Waals surface area (Å²) in [6.07, 6.45) is 2.86. The lowest BCUT2D eigenvalue weighted by Crippen LogP contribution is -2.24. The number of carbonyl (C=O) groups is 1. The second-order valence-electron chi connectivity index (χ2n) is 6.57. The minimum absolute atomic E-state index is 0.0264. The van der Waals surface area contributed by atoms with E-state index in [-0.39, 0.29) is 11.5 Å². The van der Waals surface area contributed by atoms with Gasteiger partial charge in [0.15, 0.2) is 0 Å². The molecule has 1 heterocycles. The number of aryl methyl sites for hydroxylation is 1. The van der Waals surface area contributed by atoms with Crippen molar-refractivity contribution in [3.63, 3.8) is 0 Å². The van der Waals surface area contributed by atoms with E-state index < -0.39 is 0 Å². The summed E-state index contributed by atoms with van der Waals surface area (Å²) in [5.41, 5.74) is 1.52. The Balaban J connectivity index is 1.37. The van der Waals surface area contributed by atoms with Crippen LogP contribution in [0.3, 0.4) is 0 Å². The van der Waals surface area contributed by atoms with Gasteiger partial charge in [-0.1, -0.05) is 35.9 Å². The summed E-state index contributed by atoms with van der Waals surface area (Å²) in [5.74, 6) is 0.823. The minimum Gasteiger partial charge on any atom is -0.497 e. The topological polar surface area (TPSA) is 86.1 Å². The molecule has 0 unspecified atom stereocenters. The summed E-state index contributed by atoms with van der Waals surface area (Å²) in [6.45, 7) is 1.01. The van der Waals surface area contributed by atoms with Crippen LogP contribution in [-0.2, 0) is 17.9 Å². The van der Waals surface area contributed by atoms with Gasteiger partial charge in [0.2, 0.25) is 5.91 Å². The molecular formula is C21H24N4O3. The van der Waals surface area contributed by atoms with Gasteiger partial charge in [0.25, 0.3) is 5.56 Å². The molecule has 0 atom stereocenters. The molecule has 1 amide bonds. The number of aromatic nitrogens is 3. The summed E-state index contributed by atoms with van der Waals surface area (Å²) in [7, 11) is 1.62. The number of hydrogen-bond acceptors (Lipinski definition) is 5. The van der Waals surface area contributed by atoms with E-state index in [2.05, 4.69) is 15.6 Å². The van der Waals surface area contributed by atoms with Crippen molar-refractivity contribution >= 4 is 16.8 Å². The lowest BCUT2D eigenvalue weighted by molar-refractivity contribution is -0.121. The Morgan fingerprint density at radius 2 is 1.86 bits per heavy atom. The molecule has 0 fully saturated rings. The normalized spacial score (nSPS) is 10.8. The third-order valence-corrected chi connectivity index (χ3v) is 4.55. The third-order valence-electron chi connectivity index (χ3n) is 4.55. The number of hydrogen-bond donors (Lipinski definition) is 1. The van der Waals surface area contributed by atoms with Gasteiger partial charge in [-0.25, -0.2) is 4.68 Å². The van der Waals surface area contributed by atoms with E-state index in [1.54, 1.807) is 19.2 Å². The van der Waals surface area contributed by atoms with Gasteiger partial charge in [-0.3, -0.25) is 9.59 Å². The Labute approximate surface area is 163 Å².